The number of benzene rings is 1. The van der Waals surface area contributed by atoms with E-state index in [1.54, 1.807) is 6.07 Å². The fraction of sp³-hybridized carbons (Fsp3) is 0.562. The molecule has 1 atom stereocenters. The highest BCUT2D eigenvalue weighted by Gasteiger charge is 2.23. The van der Waals surface area contributed by atoms with Gasteiger partial charge in [0.15, 0.2) is 0 Å². The van der Waals surface area contributed by atoms with Crippen molar-refractivity contribution >= 4 is 21.9 Å². The van der Waals surface area contributed by atoms with Crippen molar-refractivity contribution in [2.24, 2.45) is 5.92 Å². The minimum atomic E-state index is -0.319. The molecule has 1 aliphatic rings. The SMILES string of the molecule is COC(=O)c1ccc(CN2CCC(C(C)O)CC2)c(Br)c1. The summed E-state index contributed by atoms with van der Waals surface area (Å²) in [5.41, 5.74) is 1.72. The largest absolute Gasteiger partial charge is 0.465 e. The maximum Gasteiger partial charge on any atom is 0.337 e. The van der Waals surface area contributed by atoms with Crippen molar-refractivity contribution in [3.05, 3.63) is 33.8 Å². The van der Waals surface area contributed by atoms with E-state index in [2.05, 4.69) is 20.8 Å². The van der Waals surface area contributed by atoms with Gasteiger partial charge in [0.05, 0.1) is 18.8 Å². The summed E-state index contributed by atoms with van der Waals surface area (Å²) in [4.78, 5) is 13.9. The first-order valence-electron chi connectivity index (χ1n) is 7.28. The number of hydrogen-bond donors (Lipinski definition) is 1. The Kier molecular flexibility index (Phi) is 5.79. The third-order valence-corrected chi connectivity index (χ3v) is 4.92. The monoisotopic (exact) mass is 355 g/mol. The van der Waals surface area contributed by atoms with Crippen LogP contribution in [0, 0.1) is 5.92 Å². The number of methoxy groups -OCH3 is 1. The second kappa shape index (κ2) is 7.38. The quantitative estimate of drug-likeness (QED) is 0.843. The highest BCUT2D eigenvalue weighted by Crippen LogP contribution is 2.25. The van der Waals surface area contributed by atoms with E-state index in [0.717, 1.165) is 42.5 Å². The van der Waals surface area contributed by atoms with E-state index in [-0.39, 0.29) is 12.1 Å². The van der Waals surface area contributed by atoms with Crippen molar-refractivity contribution in [2.75, 3.05) is 20.2 Å². The predicted octanol–water partition coefficient (Wildman–Crippen LogP) is 2.83. The van der Waals surface area contributed by atoms with Crippen LogP contribution in [-0.2, 0) is 11.3 Å². The van der Waals surface area contributed by atoms with E-state index in [4.69, 9.17) is 4.74 Å². The summed E-state index contributed by atoms with van der Waals surface area (Å²) in [6.45, 7) is 4.73. The maximum atomic E-state index is 11.5. The lowest BCUT2D eigenvalue weighted by atomic mass is 9.92. The number of carbonyl (C=O) groups excluding carboxylic acids is 1. The van der Waals surface area contributed by atoms with Gasteiger partial charge in [0.1, 0.15) is 0 Å². The Morgan fingerprint density at radius 2 is 2.14 bits per heavy atom. The summed E-state index contributed by atoms with van der Waals surface area (Å²) in [6, 6.07) is 5.58. The third kappa shape index (κ3) is 4.28. The molecule has 0 aliphatic carbocycles. The van der Waals surface area contributed by atoms with Crippen LogP contribution in [-0.4, -0.2) is 42.3 Å². The van der Waals surface area contributed by atoms with E-state index < -0.39 is 0 Å². The highest BCUT2D eigenvalue weighted by atomic mass is 79.9. The molecule has 0 saturated carbocycles. The van der Waals surface area contributed by atoms with Gasteiger partial charge in [-0.1, -0.05) is 22.0 Å². The van der Waals surface area contributed by atoms with Gasteiger partial charge >= 0.3 is 5.97 Å². The summed E-state index contributed by atoms with van der Waals surface area (Å²) in [6.07, 6.45) is 1.86. The number of piperidine rings is 1. The van der Waals surface area contributed by atoms with E-state index in [1.165, 1.54) is 7.11 Å². The Balaban J connectivity index is 1.96. The summed E-state index contributed by atoms with van der Waals surface area (Å²) < 4.78 is 5.65. The molecule has 0 amide bonds. The number of hydrogen-bond acceptors (Lipinski definition) is 4. The van der Waals surface area contributed by atoms with E-state index >= 15 is 0 Å². The second-order valence-corrected chi connectivity index (χ2v) is 6.51. The van der Waals surface area contributed by atoms with Gasteiger partial charge in [-0.25, -0.2) is 4.79 Å². The van der Waals surface area contributed by atoms with Crippen LogP contribution < -0.4 is 0 Å². The molecule has 1 aromatic rings. The molecule has 1 aromatic carbocycles. The number of ether oxygens (including phenoxy) is 1. The van der Waals surface area contributed by atoms with Crippen LogP contribution in [0.4, 0.5) is 0 Å². The number of aliphatic hydroxyl groups excluding tert-OH is 1. The number of nitrogens with zero attached hydrogens (tertiary/aromatic N) is 1. The predicted molar refractivity (Wildman–Crippen MR) is 85.2 cm³/mol. The van der Waals surface area contributed by atoms with Gasteiger partial charge in [-0.2, -0.15) is 0 Å². The van der Waals surface area contributed by atoms with E-state index in [0.29, 0.717) is 11.5 Å². The Morgan fingerprint density at radius 1 is 1.48 bits per heavy atom. The van der Waals surface area contributed by atoms with Crippen molar-refractivity contribution < 1.29 is 14.6 Å². The minimum Gasteiger partial charge on any atom is -0.465 e. The molecule has 1 aliphatic heterocycles. The molecule has 0 aromatic heterocycles. The Bertz CT molecular complexity index is 496. The average Bonchev–Trinajstić information content (AvgIpc) is 2.49. The Labute approximate surface area is 134 Å². The van der Waals surface area contributed by atoms with Crippen LogP contribution in [0.15, 0.2) is 22.7 Å². The molecule has 21 heavy (non-hydrogen) atoms. The maximum absolute atomic E-state index is 11.5. The third-order valence-electron chi connectivity index (χ3n) is 4.18. The lowest BCUT2D eigenvalue weighted by Crippen LogP contribution is -2.36. The number of rotatable bonds is 4. The fourth-order valence-corrected chi connectivity index (χ4v) is 3.26. The minimum absolute atomic E-state index is 0.210. The van der Waals surface area contributed by atoms with Crippen molar-refractivity contribution in [3.8, 4) is 0 Å². The van der Waals surface area contributed by atoms with Gasteiger partial charge in [-0.05, 0) is 56.5 Å². The molecule has 1 N–H and O–H groups in total. The second-order valence-electron chi connectivity index (χ2n) is 5.65. The smallest absolute Gasteiger partial charge is 0.337 e. The number of halogens is 1. The van der Waals surface area contributed by atoms with Crippen LogP contribution in [0.2, 0.25) is 0 Å². The molecule has 2 rings (SSSR count). The molecular formula is C16H22BrNO3. The summed E-state index contributed by atoms with van der Waals surface area (Å²) >= 11 is 3.53. The van der Waals surface area contributed by atoms with Crippen LogP contribution in [0.5, 0.6) is 0 Å². The van der Waals surface area contributed by atoms with Crippen molar-refractivity contribution in [1.82, 2.24) is 4.90 Å². The summed E-state index contributed by atoms with van der Waals surface area (Å²) in [5.74, 6) is 0.103. The molecular weight excluding hydrogens is 334 g/mol. The molecule has 0 radical (unpaired) electrons. The Morgan fingerprint density at radius 3 is 2.67 bits per heavy atom. The molecule has 4 nitrogen and oxygen atoms in total. The normalized spacial score (nSPS) is 18.5. The van der Waals surface area contributed by atoms with Gasteiger partial charge in [-0.3, -0.25) is 4.90 Å². The molecule has 0 bridgehead atoms. The molecule has 116 valence electrons. The first kappa shape index (κ1) is 16.5. The molecule has 1 heterocycles. The summed E-state index contributed by atoms with van der Waals surface area (Å²) in [5, 5.41) is 9.63. The van der Waals surface area contributed by atoms with Gasteiger partial charge < -0.3 is 9.84 Å². The van der Waals surface area contributed by atoms with Crippen molar-refractivity contribution in [1.29, 1.82) is 0 Å². The Hall–Kier alpha value is -0.910. The first-order chi connectivity index (χ1) is 10.0. The van der Waals surface area contributed by atoms with Crippen LogP contribution in [0.25, 0.3) is 0 Å². The summed E-state index contributed by atoms with van der Waals surface area (Å²) in [7, 11) is 1.39. The standard InChI is InChI=1S/C16H22BrNO3/c1-11(19)12-5-7-18(8-6-12)10-14-4-3-13(9-15(14)17)16(20)21-2/h3-4,9,11-12,19H,5-8,10H2,1-2H3. The number of esters is 1. The molecule has 1 unspecified atom stereocenters. The van der Waals surface area contributed by atoms with Crippen LogP contribution in [0.1, 0.15) is 35.7 Å². The van der Waals surface area contributed by atoms with Gasteiger partial charge in [0, 0.05) is 11.0 Å². The lowest BCUT2D eigenvalue weighted by molar-refractivity contribution is 0.0600. The zero-order valence-corrected chi connectivity index (χ0v) is 14.1. The fourth-order valence-electron chi connectivity index (χ4n) is 2.75. The van der Waals surface area contributed by atoms with Gasteiger partial charge in [-0.15, -0.1) is 0 Å². The van der Waals surface area contributed by atoms with E-state index in [1.807, 2.05) is 19.1 Å². The van der Waals surface area contributed by atoms with Gasteiger partial charge in [0.25, 0.3) is 0 Å². The van der Waals surface area contributed by atoms with Gasteiger partial charge in [0.2, 0.25) is 0 Å². The topological polar surface area (TPSA) is 49.8 Å². The average molecular weight is 356 g/mol. The zero-order valence-electron chi connectivity index (χ0n) is 12.5. The zero-order chi connectivity index (χ0) is 15.4. The first-order valence-corrected chi connectivity index (χ1v) is 8.07. The van der Waals surface area contributed by atoms with Crippen LogP contribution >= 0.6 is 15.9 Å². The van der Waals surface area contributed by atoms with E-state index in [9.17, 15) is 9.90 Å². The number of carbonyl (C=O) groups is 1. The number of aliphatic hydroxyl groups is 1. The molecule has 5 heteroatoms. The highest BCUT2D eigenvalue weighted by molar-refractivity contribution is 9.10. The van der Waals surface area contributed by atoms with Crippen LogP contribution in [0.3, 0.4) is 0 Å². The number of likely N-dealkylation sites (tertiary alicyclic amines) is 1. The van der Waals surface area contributed by atoms with Crippen molar-refractivity contribution in [3.63, 3.8) is 0 Å². The van der Waals surface area contributed by atoms with Crippen molar-refractivity contribution in [2.45, 2.75) is 32.4 Å². The lowest BCUT2D eigenvalue weighted by Gasteiger charge is -2.33. The molecule has 0 spiro atoms. The molecule has 1 saturated heterocycles. The molecule has 1 fully saturated rings.